The Morgan fingerprint density at radius 3 is 2.63 bits per heavy atom. The van der Waals surface area contributed by atoms with E-state index in [1.807, 2.05) is 4.90 Å². The summed E-state index contributed by atoms with van der Waals surface area (Å²) in [5, 5.41) is 4.05. The van der Waals surface area contributed by atoms with E-state index in [0.717, 1.165) is 12.8 Å². The highest BCUT2D eigenvalue weighted by Gasteiger charge is 2.26. The lowest BCUT2D eigenvalue weighted by Gasteiger charge is -2.32. The second-order valence-electron chi connectivity index (χ2n) is 6.81. The van der Waals surface area contributed by atoms with Crippen molar-refractivity contribution in [1.29, 1.82) is 0 Å². The van der Waals surface area contributed by atoms with Gasteiger partial charge < -0.3 is 15.0 Å². The van der Waals surface area contributed by atoms with Crippen molar-refractivity contribution in [3.05, 3.63) is 70.7 Å². The fourth-order valence-electron chi connectivity index (χ4n) is 3.25. The normalized spacial score (nSPS) is 14.4. The Kier molecular flexibility index (Phi) is 6.30. The predicted octanol–water partition coefficient (Wildman–Crippen LogP) is 4.61. The molecule has 0 saturated carbocycles. The molecule has 3 aromatic rings. The number of halogens is 2. The first-order chi connectivity index (χ1) is 14.6. The zero-order valence-corrected chi connectivity index (χ0v) is 17.5. The summed E-state index contributed by atoms with van der Waals surface area (Å²) >= 11 is 12.1. The summed E-state index contributed by atoms with van der Waals surface area (Å²) in [6.45, 7) is 1.18. The number of piperidine rings is 1. The van der Waals surface area contributed by atoms with Gasteiger partial charge in [-0.1, -0.05) is 23.2 Å². The van der Waals surface area contributed by atoms with Crippen molar-refractivity contribution in [3.63, 3.8) is 0 Å². The van der Waals surface area contributed by atoms with Crippen LogP contribution in [0.15, 0.2) is 55.1 Å². The van der Waals surface area contributed by atoms with E-state index < -0.39 is 0 Å². The number of carbonyl (C=O) groups is 1. The molecule has 1 amide bonds. The first kappa shape index (κ1) is 20.4. The topological polar surface area (TPSA) is 80.2 Å². The molecule has 0 spiro atoms. The van der Waals surface area contributed by atoms with Gasteiger partial charge in [-0.2, -0.15) is 0 Å². The number of hydrogen-bond acceptors (Lipinski definition) is 6. The number of rotatable bonds is 5. The second-order valence-corrected chi connectivity index (χ2v) is 7.62. The van der Waals surface area contributed by atoms with Crippen LogP contribution in [0.2, 0.25) is 10.0 Å². The molecule has 1 aliphatic rings. The number of carbonyl (C=O) groups excluding carboxylic acids is 1. The Balaban J connectivity index is 1.42. The number of amides is 1. The molecule has 7 nitrogen and oxygen atoms in total. The molecule has 1 aliphatic heterocycles. The minimum absolute atomic E-state index is 0.00783. The highest BCUT2D eigenvalue weighted by atomic mass is 35.5. The number of likely N-dealkylation sites (tertiary alicyclic amines) is 1. The van der Waals surface area contributed by atoms with Crippen LogP contribution in [-0.2, 0) is 0 Å². The summed E-state index contributed by atoms with van der Waals surface area (Å²) in [6, 6.07) is 8.68. The maximum atomic E-state index is 13.1. The van der Waals surface area contributed by atoms with Gasteiger partial charge in [-0.15, -0.1) is 0 Å². The minimum Gasteiger partial charge on any atom is -0.473 e. The molecular weight excluding hydrogens is 425 g/mol. The summed E-state index contributed by atoms with van der Waals surface area (Å²) in [6.07, 6.45) is 7.88. The van der Waals surface area contributed by atoms with E-state index in [1.165, 1.54) is 0 Å². The van der Waals surface area contributed by atoms with Gasteiger partial charge >= 0.3 is 0 Å². The van der Waals surface area contributed by atoms with Crippen LogP contribution in [0.25, 0.3) is 0 Å². The number of nitrogens with one attached hydrogen (secondary N) is 1. The first-order valence-corrected chi connectivity index (χ1v) is 10.2. The van der Waals surface area contributed by atoms with Crippen molar-refractivity contribution < 1.29 is 9.53 Å². The summed E-state index contributed by atoms with van der Waals surface area (Å²) < 4.78 is 5.85. The van der Waals surface area contributed by atoms with Gasteiger partial charge in [0.1, 0.15) is 11.9 Å². The number of nitrogens with zero attached hydrogens (tertiary/aromatic N) is 4. The van der Waals surface area contributed by atoms with Crippen molar-refractivity contribution in [2.45, 2.75) is 18.9 Å². The highest BCUT2D eigenvalue weighted by Crippen LogP contribution is 2.28. The molecule has 1 aromatic carbocycles. The Morgan fingerprint density at radius 1 is 1.07 bits per heavy atom. The van der Waals surface area contributed by atoms with Gasteiger partial charge in [0, 0.05) is 50.2 Å². The standard InChI is InChI=1S/C21H19Cl2N5O2/c22-17-4-3-14(12-18(17)23)27-20-16(2-1-7-26-20)21(29)28-10-5-15(6-11-28)30-19-13-24-8-9-25-19/h1-4,7-9,12-13,15H,5-6,10-11H2,(H,26,27). The third-order valence-electron chi connectivity index (χ3n) is 4.78. The average Bonchev–Trinajstić information content (AvgIpc) is 2.77. The fourth-order valence-corrected chi connectivity index (χ4v) is 3.55. The van der Waals surface area contributed by atoms with Crippen molar-refractivity contribution in [2.75, 3.05) is 18.4 Å². The Bertz CT molecular complexity index is 1030. The van der Waals surface area contributed by atoms with Crippen molar-refractivity contribution in [3.8, 4) is 5.88 Å². The average molecular weight is 444 g/mol. The largest absolute Gasteiger partial charge is 0.473 e. The van der Waals surface area contributed by atoms with E-state index >= 15 is 0 Å². The van der Waals surface area contributed by atoms with Crippen molar-refractivity contribution >= 4 is 40.6 Å². The highest BCUT2D eigenvalue weighted by molar-refractivity contribution is 6.42. The smallest absolute Gasteiger partial charge is 0.257 e. The molecule has 154 valence electrons. The lowest BCUT2D eigenvalue weighted by molar-refractivity contribution is 0.0587. The van der Waals surface area contributed by atoms with E-state index in [9.17, 15) is 4.79 Å². The maximum absolute atomic E-state index is 13.1. The Hall–Kier alpha value is -2.90. The summed E-state index contributed by atoms with van der Waals surface area (Å²) in [4.78, 5) is 27.4. The molecule has 0 radical (unpaired) electrons. The van der Waals surface area contributed by atoms with Gasteiger partial charge in [0.25, 0.3) is 5.91 Å². The summed E-state index contributed by atoms with van der Waals surface area (Å²) in [7, 11) is 0. The molecule has 0 unspecified atom stereocenters. The van der Waals surface area contributed by atoms with Crippen LogP contribution in [0.3, 0.4) is 0 Å². The first-order valence-electron chi connectivity index (χ1n) is 9.49. The zero-order valence-electron chi connectivity index (χ0n) is 16.0. The van der Waals surface area contributed by atoms with Crippen LogP contribution in [0.5, 0.6) is 5.88 Å². The molecule has 30 heavy (non-hydrogen) atoms. The molecule has 3 heterocycles. The molecule has 1 saturated heterocycles. The minimum atomic E-state index is -0.0800. The quantitative estimate of drug-likeness (QED) is 0.620. The number of benzene rings is 1. The third-order valence-corrected chi connectivity index (χ3v) is 5.52. The SMILES string of the molecule is O=C(c1cccnc1Nc1ccc(Cl)c(Cl)c1)N1CCC(Oc2cnccn2)CC1. The van der Waals surface area contributed by atoms with Gasteiger partial charge in [0.15, 0.2) is 0 Å². The zero-order chi connectivity index (χ0) is 20.9. The lowest BCUT2D eigenvalue weighted by Crippen LogP contribution is -2.42. The molecule has 0 bridgehead atoms. The molecule has 2 aromatic heterocycles. The lowest BCUT2D eigenvalue weighted by atomic mass is 10.1. The van der Waals surface area contributed by atoms with Gasteiger partial charge in [-0.25, -0.2) is 9.97 Å². The van der Waals surface area contributed by atoms with Gasteiger partial charge in [-0.3, -0.25) is 9.78 Å². The molecule has 1 N–H and O–H groups in total. The molecule has 9 heteroatoms. The number of pyridine rings is 1. The predicted molar refractivity (Wildman–Crippen MR) is 116 cm³/mol. The van der Waals surface area contributed by atoms with E-state index in [-0.39, 0.29) is 12.0 Å². The van der Waals surface area contributed by atoms with Crippen LogP contribution in [-0.4, -0.2) is 45.0 Å². The Labute approximate surface area is 184 Å². The van der Waals surface area contributed by atoms with Crippen LogP contribution in [0.1, 0.15) is 23.2 Å². The number of aromatic nitrogens is 3. The summed E-state index contributed by atoms with van der Waals surface area (Å²) in [5.74, 6) is 0.894. The number of hydrogen-bond donors (Lipinski definition) is 1. The number of anilines is 2. The monoisotopic (exact) mass is 443 g/mol. The third kappa shape index (κ3) is 4.80. The van der Waals surface area contributed by atoms with E-state index in [4.69, 9.17) is 27.9 Å². The second kappa shape index (κ2) is 9.28. The molecule has 0 aliphatic carbocycles. The van der Waals surface area contributed by atoms with Crippen LogP contribution in [0, 0.1) is 0 Å². The van der Waals surface area contributed by atoms with Gasteiger partial charge in [0.2, 0.25) is 5.88 Å². The van der Waals surface area contributed by atoms with Crippen LogP contribution in [0.4, 0.5) is 11.5 Å². The Morgan fingerprint density at radius 2 is 1.90 bits per heavy atom. The summed E-state index contributed by atoms with van der Waals surface area (Å²) in [5.41, 5.74) is 1.20. The van der Waals surface area contributed by atoms with Crippen molar-refractivity contribution in [2.24, 2.45) is 0 Å². The molecule has 0 atom stereocenters. The van der Waals surface area contributed by atoms with E-state index in [0.29, 0.717) is 46.1 Å². The maximum Gasteiger partial charge on any atom is 0.257 e. The molecule has 1 fully saturated rings. The van der Waals surface area contributed by atoms with E-state index in [2.05, 4.69) is 20.3 Å². The van der Waals surface area contributed by atoms with E-state index in [1.54, 1.807) is 55.1 Å². The molecular formula is C21H19Cl2N5O2. The van der Waals surface area contributed by atoms with Gasteiger partial charge in [0.05, 0.1) is 21.8 Å². The molecule has 4 rings (SSSR count). The fraction of sp³-hybridized carbons (Fsp3) is 0.238. The number of ether oxygens (including phenoxy) is 1. The van der Waals surface area contributed by atoms with Gasteiger partial charge in [-0.05, 0) is 30.3 Å². The van der Waals surface area contributed by atoms with Crippen molar-refractivity contribution in [1.82, 2.24) is 19.9 Å². The van der Waals surface area contributed by atoms with Crippen LogP contribution < -0.4 is 10.1 Å². The van der Waals surface area contributed by atoms with Crippen LogP contribution >= 0.6 is 23.2 Å².